The highest BCUT2D eigenvalue weighted by Crippen LogP contribution is 2.35. The average Bonchev–Trinajstić information content (AvgIpc) is 2.73. The van der Waals surface area contributed by atoms with Gasteiger partial charge in [-0.15, -0.1) is 0 Å². The van der Waals surface area contributed by atoms with Crippen molar-refractivity contribution in [2.45, 2.75) is 19.1 Å². The summed E-state index contributed by atoms with van der Waals surface area (Å²) in [4.78, 5) is 13.8. The van der Waals surface area contributed by atoms with E-state index in [1.165, 1.54) is 30.3 Å². The number of hydrogen-bond acceptors (Lipinski definition) is 4. The molecular formula is C21H22F4N2O3. The number of amides is 1. The molecule has 0 saturated carbocycles. The SMILES string of the molecule is O=C(CCOc1ccc(F)cc1)NCc1ccc(N2CCOCC2)cc1C(F)(F)F. The van der Waals surface area contributed by atoms with E-state index in [1.54, 1.807) is 6.07 Å². The quantitative estimate of drug-likeness (QED) is 0.685. The number of rotatable bonds is 7. The Labute approximate surface area is 171 Å². The van der Waals surface area contributed by atoms with Crippen LogP contribution in [0.3, 0.4) is 0 Å². The van der Waals surface area contributed by atoms with E-state index >= 15 is 0 Å². The summed E-state index contributed by atoms with van der Waals surface area (Å²) in [5.74, 6) is -0.440. The van der Waals surface area contributed by atoms with Gasteiger partial charge in [0.25, 0.3) is 0 Å². The van der Waals surface area contributed by atoms with Crippen molar-refractivity contribution in [3.63, 3.8) is 0 Å². The van der Waals surface area contributed by atoms with Crippen LogP contribution in [0.1, 0.15) is 17.5 Å². The van der Waals surface area contributed by atoms with Crippen molar-refractivity contribution in [2.75, 3.05) is 37.8 Å². The molecule has 0 bridgehead atoms. The molecular weight excluding hydrogens is 404 g/mol. The van der Waals surface area contributed by atoms with Gasteiger partial charge in [0, 0.05) is 25.3 Å². The zero-order valence-corrected chi connectivity index (χ0v) is 16.2. The van der Waals surface area contributed by atoms with Gasteiger partial charge in [0.05, 0.1) is 31.8 Å². The lowest BCUT2D eigenvalue weighted by Crippen LogP contribution is -2.36. The average molecular weight is 426 g/mol. The fourth-order valence-electron chi connectivity index (χ4n) is 3.08. The van der Waals surface area contributed by atoms with Gasteiger partial charge in [-0.05, 0) is 42.0 Å². The second-order valence-corrected chi connectivity index (χ2v) is 6.77. The number of carbonyl (C=O) groups is 1. The number of benzene rings is 2. The van der Waals surface area contributed by atoms with Gasteiger partial charge < -0.3 is 19.7 Å². The predicted molar refractivity (Wildman–Crippen MR) is 103 cm³/mol. The van der Waals surface area contributed by atoms with Gasteiger partial charge in [-0.3, -0.25) is 4.79 Å². The second-order valence-electron chi connectivity index (χ2n) is 6.77. The van der Waals surface area contributed by atoms with Crippen molar-refractivity contribution in [1.29, 1.82) is 0 Å². The molecule has 1 fully saturated rings. The van der Waals surface area contributed by atoms with Crippen LogP contribution in [0.5, 0.6) is 5.75 Å². The molecule has 1 aliphatic rings. The zero-order valence-electron chi connectivity index (χ0n) is 16.2. The monoisotopic (exact) mass is 426 g/mol. The van der Waals surface area contributed by atoms with Crippen molar-refractivity contribution in [3.8, 4) is 5.75 Å². The third-order valence-electron chi connectivity index (χ3n) is 4.66. The summed E-state index contributed by atoms with van der Waals surface area (Å²) >= 11 is 0. The molecule has 2 aromatic carbocycles. The number of hydrogen-bond donors (Lipinski definition) is 1. The molecule has 1 saturated heterocycles. The summed E-state index contributed by atoms with van der Waals surface area (Å²) in [6.45, 7) is 1.79. The van der Waals surface area contributed by atoms with Crippen LogP contribution in [0.2, 0.25) is 0 Å². The summed E-state index contributed by atoms with van der Waals surface area (Å²) < 4.78 is 64.0. The van der Waals surface area contributed by atoms with E-state index in [0.29, 0.717) is 37.7 Å². The fourth-order valence-corrected chi connectivity index (χ4v) is 3.08. The number of anilines is 1. The lowest BCUT2D eigenvalue weighted by molar-refractivity contribution is -0.138. The molecule has 0 unspecified atom stereocenters. The largest absolute Gasteiger partial charge is 0.493 e. The molecule has 9 heteroatoms. The minimum absolute atomic E-state index is 0.00712. The van der Waals surface area contributed by atoms with E-state index in [0.717, 1.165) is 6.07 Å². The number of nitrogens with zero attached hydrogens (tertiary/aromatic N) is 1. The molecule has 1 heterocycles. The third-order valence-corrected chi connectivity index (χ3v) is 4.66. The van der Waals surface area contributed by atoms with Gasteiger partial charge in [0.1, 0.15) is 11.6 Å². The zero-order chi connectivity index (χ0) is 21.6. The summed E-state index contributed by atoms with van der Waals surface area (Å²) in [6, 6.07) is 9.45. The highest BCUT2D eigenvalue weighted by atomic mass is 19.4. The first-order chi connectivity index (χ1) is 14.3. The molecule has 1 aliphatic heterocycles. The maximum Gasteiger partial charge on any atom is 0.416 e. The molecule has 0 aliphatic carbocycles. The van der Waals surface area contributed by atoms with Crippen molar-refractivity contribution in [1.82, 2.24) is 5.32 Å². The van der Waals surface area contributed by atoms with Crippen LogP contribution in [-0.2, 0) is 22.3 Å². The Balaban J connectivity index is 1.56. The standard InChI is InChI=1S/C21H22F4N2O3/c22-16-2-5-18(6-3-16)30-10-7-20(28)26-14-15-1-4-17(13-19(15)21(23,24)25)27-8-11-29-12-9-27/h1-6,13H,7-12,14H2,(H,26,28). The number of carbonyl (C=O) groups excluding carboxylic acids is 1. The minimum atomic E-state index is -4.53. The van der Waals surface area contributed by atoms with Crippen LogP contribution in [-0.4, -0.2) is 38.8 Å². The van der Waals surface area contributed by atoms with Crippen LogP contribution < -0.4 is 15.0 Å². The molecule has 5 nitrogen and oxygen atoms in total. The first-order valence-electron chi connectivity index (χ1n) is 9.51. The lowest BCUT2D eigenvalue weighted by atomic mass is 10.0. The Morgan fingerprint density at radius 2 is 1.80 bits per heavy atom. The van der Waals surface area contributed by atoms with Crippen LogP contribution in [0.4, 0.5) is 23.2 Å². The molecule has 0 radical (unpaired) electrons. The summed E-state index contributed by atoms with van der Waals surface area (Å²) in [6.07, 6.45) is -4.57. The maximum absolute atomic E-state index is 13.5. The van der Waals surface area contributed by atoms with Crippen molar-refractivity contribution >= 4 is 11.6 Å². The first-order valence-corrected chi connectivity index (χ1v) is 9.51. The van der Waals surface area contributed by atoms with Gasteiger partial charge in [-0.2, -0.15) is 13.2 Å². The highest BCUT2D eigenvalue weighted by molar-refractivity contribution is 5.76. The molecule has 3 rings (SSSR count). The Hall–Kier alpha value is -2.81. The molecule has 2 aromatic rings. The van der Waals surface area contributed by atoms with Crippen molar-refractivity contribution in [2.24, 2.45) is 0 Å². The van der Waals surface area contributed by atoms with Gasteiger partial charge >= 0.3 is 6.18 Å². The van der Waals surface area contributed by atoms with E-state index in [1.807, 2.05) is 4.90 Å². The number of ether oxygens (including phenoxy) is 2. The molecule has 0 spiro atoms. The summed E-state index contributed by atoms with van der Waals surface area (Å²) in [5, 5.41) is 2.49. The summed E-state index contributed by atoms with van der Waals surface area (Å²) in [5.41, 5.74) is -0.296. The third kappa shape index (κ3) is 6.09. The van der Waals surface area contributed by atoms with E-state index < -0.39 is 23.5 Å². The summed E-state index contributed by atoms with van der Waals surface area (Å²) in [7, 11) is 0. The van der Waals surface area contributed by atoms with Gasteiger partial charge in [-0.1, -0.05) is 6.07 Å². The number of nitrogens with one attached hydrogen (secondary N) is 1. The molecule has 162 valence electrons. The van der Waals surface area contributed by atoms with Gasteiger partial charge in [0.15, 0.2) is 0 Å². The molecule has 1 N–H and O–H groups in total. The van der Waals surface area contributed by atoms with Crippen molar-refractivity contribution < 1.29 is 31.8 Å². The topological polar surface area (TPSA) is 50.8 Å². The van der Waals surface area contributed by atoms with E-state index in [9.17, 15) is 22.4 Å². The number of halogens is 4. The Morgan fingerprint density at radius 3 is 2.47 bits per heavy atom. The van der Waals surface area contributed by atoms with Crippen molar-refractivity contribution in [3.05, 3.63) is 59.4 Å². The second kappa shape index (κ2) is 9.80. The van der Waals surface area contributed by atoms with E-state index in [2.05, 4.69) is 5.32 Å². The van der Waals surface area contributed by atoms with E-state index in [4.69, 9.17) is 9.47 Å². The Bertz CT molecular complexity index is 850. The maximum atomic E-state index is 13.5. The molecule has 0 aromatic heterocycles. The van der Waals surface area contributed by atoms with Gasteiger partial charge in [-0.25, -0.2) is 4.39 Å². The first kappa shape index (κ1) is 21.9. The number of morpholine rings is 1. The lowest BCUT2D eigenvalue weighted by Gasteiger charge is -2.29. The van der Waals surface area contributed by atoms with E-state index in [-0.39, 0.29) is 25.1 Å². The van der Waals surface area contributed by atoms with Crippen LogP contribution in [0, 0.1) is 5.82 Å². The highest BCUT2D eigenvalue weighted by Gasteiger charge is 2.34. The fraction of sp³-hybridized carbons (Fsp3) is 0.381. The smallest absolute Gasteiger partial charge is 0.416 e. The predicted octanol–water partition coefficient (Wildman–Crippen LogP) is 3.77. The minimum Gasteiger partial charge on any atom is -0.493 e. The van der Waals surface area contributed by atoms with Gasteiger partial charge in [0.2, 0.25) is 5.91 Å². The molecule has 30 heavy (non-hydrogen) atoms. The van der Waals surface area contributed by atoms with Crippen LogP contribution in [0.25, 0.3) is 0 Å². The molecule has 1 amide bonds. The Morgan fingerprint density at radius 1 is 1.10 bits per heavy atom. The normalized spacial score (nSPS) is 14.5. The van der Waals surface area contributed by atoms with Crippen LogP contribution in [0.15, 0.2) is 42.5 Å². The Kier molecular flexibility index (Phi) is 7.15. The van der Waals surface area contributed by atoms with Crippen LogP contribution >= 0.6 is 0 Å². The molecule has 0 atom stereocenters. The number of alkyl halides is 3.